The van der Waals surface area contributed by atoms with Crippen LogP contribution in [0.2, 0.25) is 0 Å². The normalized spacial score (nSPS) is 13.9. The maximum atomic E-state index is 13.1. The zero-order chi connectivity index (χ0) is 28.8. The molecule has 39 heavy (non-hydrogen) atoms. The van der Waals surface area contributed by atoms with E-state index in [0.717, 1.165) is 5.56 Å². The van der Waals surface area contributed by atoms with Gasteiger partial charge in [-0.05, 0) is 37.8 Å². The Hall–Kier alpha value is -4.30. The van der Waals surface area contributed by atoms with Crippen LogP contribution in [0.5, 0.6) is 0 Å². The molecule has 1 heterocycles. The van der Waals surface area contributed by atoms with E-state index < -0.39 is 60.2 Å². The van der Waals surface area contributed by atoms with Crippen LogP contribution in [0.4, 0.5) is 0 Å². The molecule has 4 unspecified atom stereocenters. The molecule has 1 aromatic carbocycles. The van der Waals surface area contributed by atoms with Gasteiger partial charge in [0.15, 0.2) is 0 Å². The van der Waals surface area contributed by atoms with E-state index in [1.807, 2.05) is 0 Å². The topological polar surface area (TPSA) is 243 Å². The Morgan fingerprint density at radius 1 is 0.872 bits per heavy atom. The Kier molecular flexibility index (Phi) is 12.6. The summed E-state index contributed by atoms with van der Waals surface area (Å²) >= 11 is 0. The van der Waals surface area contributed by atoms with Crippen molar-refractivity contribution in [2.75, 3.05) is 6.54 Å². The second-order valence-corrected chi connectivity index (χ2v) is 8.98. The highest BCUT2D eigenvalue weighted by Crippen LogP contribution is 2.07. The largest absolute Gasteiger partial charge is 0.481 e. The number of nitrogens with one attached hydrogen (secondary N) is 4. The number of aromatic nitrogens is 2. The van der Waals surface area contributed by atoms with E-state index in [2.05, 4.69) is 25.9 Å². The van der Waals surface area contributed by atoms with E-state index in [-0.39, 0.29) is 19.3 Å². The first-order valence-electron chi connectivity index (χ1n) is 12.4. The molecule has 2 aromatic rings. The van der Waals surface area contributed by atoms with Crippen LogP contribution in [0.15, 0.2) is 42.9 Å². The molecule has 3 amide bonds. The Bertz CT molecular complexity index is 1100. The van der Waals surface area contributed by atoms with Crippen molar-refractivity contribution in [2.45, 2.75) is 62.7 Å². The monoisotopic (exact) mass is 545 g/mol. The van der Waals surface area contributed by atoms with Gasteiger partial charge in [0.1, 0.15) is 18.1 Å². The molecule has 0 aliphatic carbocycles. The molecule has 0 aliphatic heterocycles. The molecular formula is C25H35N7O7. The quantitative estimate of drug-likeness (QED) is 0.109. The highest BCUT2D eigenvalue weighted by Gasteiger charge is 2.31. The van der Waals surface area contributed by atoms with Gasteiger partial charge in [0.2, 0.25) is 17.7 Å². The molecule has 1 aromatic heterocycles. The minimum Gasteiger partial charge on any atom is -0.481 e. The summed E-state index contributed by atoms with van der Waals surface area (Å²) in [4.78, 5) is 68.6. The Morgan fingerprint density at radius 3 is 2.10 bits per heavy atom. The molecule has 0 bridgehead atoms. The third kappa shape index (κ3) is 10.9. The van der Waals surface area contributed by atoms with Crippen LogP contribution in [-0.4, -0.2) is 80.6 Å². The lowest BCUT2D eigenvalue weighted by Crippen LogP contribution is -2.58. The summed E-state index contributed by atoms with van der Waals surface area (Å²) in [6.07, 6.45) is 3.21. The summed E-state index contributed by atoms with van der Waals surface area (Å²) in [6, 6.07) is 3.76. The number of amides is 3. The number of aliphatic carboxylic acids is 2. The summed E-state index contributed by atoms with van der Waals surface area (Å²) in [6.45, 7) is 0.366. The predicted octanol–water partition coefficient (Wildman–Crippen LogP) is -1.34. The van der Waals surface area contributed by atoms with Gasteiger partial charge < -0.3 is 42.6 Å². The van der Waals surface area contributed by atoms with E-state index in [0.29, 0.717) is 25.1 Å². The smallest absolute Gasteiger partial charge is 0.326 e. The lowest BCUT2D eigenvalue weighted by Gasteiger charge is -2.24. The summed E-state index contributed by atoms with van der Waals surface area (Å²) < 4.78 is 0. The lowest BCUT2D eigenvalue weighted by molar-refractivity contribution is -0.143. The van der Waals surface area contributed by atoms with Gasteiger partial charge >= 0.3 is 11.9 Å². The van der Waals surface area contributed by atoms with Crippen molar-refractivity contribution in [3.8, 4) is 0 Å². The van der Waals surface area contributed by atoms with E-state index in [1.54, 1.807) is 30.3 Å². The number of benzene rings is 1. The maximum Gasteiger partial charge on any atom is 0.326 e. The number of carboxylic acids is 2. The molecule has 212 valence electrons. The van der Waals surface area contributed by atoms with Crippen LogP contribution >= 0.6 is 0 Å². The number of aromatic amines is 1. The fourth-order valence-corrected chi connectivity index (χ4v) is 3.74. The first-order chi connectivity index (χ1) is 18.6. The van der Waals surface area contributed by atoms with Gasteiger partial charge in [-0.1, -0.05) is 30.3 Å². The molecule has 4 atom stereocenters. The number of hydrogen-bond acceptors (Lipinski definition) is 8. The lowest BCUT2D eigenvalue weighted by atomic mass is 10.0. The number of carbonyl (C=O) groups excluding carboxylic acids is 3. The van der Waals surface area contributed by atoms with Crippen LogP contribution in [0, 0.1) is 0 Å². The summed E-state index contributed by atoms with van der Waals surface area (Å²) in [5, 5.41) is 26.0. The van der Waals surface area contributed by atoms with Crippen LogP contribution in [0.3, 0.4) is 0 Å². The predicted molar refractivity (Wildman–Crippen MR) is 139 cm³/mol. The molecule has 14 nitrogen and oxygen atoms in total. The number of rotatable bonds is 17. The third-order valence-electron chi connectivity index (χ3n) is 5.82. The van der Waals surface area contributed by atoms with Gasteiger partial charge in [-0.25, -0.2) is 9.78 Å². The summed E-state index contributed by atoms with van der Waals surface area (Å²) in [5.74, 6) is -5.13. The standard InChI is InChI=1S/C25H35N7O7/c26-9-5-4-8-18(25(38)39)30-23(36)19(11-16-13-28-14-29-16)32-24(37)20(12-21(33)34)31-22(35)17(27)10-15-6-2-1-3-7-15/h1-3,6-7,13-14,17-20H,4-5,8-12,26-27H2,(H,28,29)(H,30,36)(H,31,35)(H,32,37)(H,33,34)(H,38,39). The molecule has 14 heteroatoms. The zero-order valence-corrected chi connectivity index (χ0v) is 21.3. The van der Waals surface area contributed by atoms with Gasteiger partial charge in [0, 0.05) is 18.3 Å². The van der Waals surface area contributed by atoms with E-state index in [1.165, 1.54) is 12.5 Å². The Morgan fingerprint density at radius 2 is 1.51 bits per heavy atom. The second kappa shape index (κ2) is 15.8. The number of nitrogens with zero attached hydrogens (tertiary/aromatic N) is 1. The highest BCUT2D eigenvalue weighted by molar-refractivity contribution is 5.95. The molecule has 2 rings (SSSR count). The van der Waals surface area contributed by atoms with E-state index in [4.69, 9.17) is 11.5 Å². The molecule has 0 saturated carbocycles. The molecule has 0 aliphatic rings. The third-order valence-corrected chi connectivity index (χ3v) is 5.82. The van der Waals surface area contributed by atoms with Crippen molar-refractivity contribution in [1.29, 1.82) is 0 Å². The van der Waals surface area contributed by atoms with E-state index in [9.17, 15) is 34.2 Å². The zero-order valence-electron chi connectivity index (χ0n) is 21.3. The van der Waals surface area contributed by atoms with Crippen molar-refractivity contribution in [3.05, 3.63) is 54.1 Å². The second-order valence-electron chi connectivity index (χ2n) is 8.98. The molecule has 10 N–H and O–H groups in total. The van der Waals surface area contributed by atoms with Crippen LogP contribution in [0.25, 0.3) is 0 Å². The highest BCUT2D eigenvalue weighted by atomic mass is 16.4. The van der Waals surface area contributed by atoms with Crippen molar-refractivity contribution < 1.29 is 34.2 Å². The molecule has 0 spiro atoms. The number of hydrogen-bond donors (Lipinski definition) is 8. The van der Waals surface area contributed by atoms with Crippen LogP contribution in [-0.2, 0) is 36.8 Å². The van der Waals surface area contributed by atoms with Crippen LogP contribution < -0.4 is 27.4 Å². The first-order valence-corrected chi connectivity index (χ1v) is 12.4. The van der Waals surface area contributed by atoms with Gasteiger partial charge in [-0.3, -0.25) is 19.2 Å². The van der Waals surface area contributed by atoms with Crippen LogP contribution in [0.1, 0.15) is 36.9 Å². The summed E-state index contributed by atoms with van der Waals surface area (Å²) in [5.41, 5.74) is 12.7. The fourth-order valence-electron chi connectivity index (χ4n) is 3.74. The average Bonchev–Trinajstić information content (AvgIpc) is 3.40. The minimum atomic E-state index is -1.55. The van der Waals surface area contributed by atoms with Crippen molar-refractivity contribution in [3.63, 3.8) is 0 Å². The number of carboxylic acid groups (broad SMARTS) is 2. The molecule has 0 saturated heterocycles. The van der Waals surface area contributed by atoms with Gasteiger partial charge in [-0.15, -0.1) is 0 Å². The Balaban J connectivity index is 2.15. The number of H-pyrrole nitrogens is 1. The van der Waals surface area contributed by atoms with Crippen molar-refractivity contribution in [2.24, 2.45) is 11.5 Å². The fraction of sp³-hybridized carbons (Fsp3) is 0.440. The van der Waals surface area contributed by atoms with E-state index >= 15 is 0 Å². The number of nitrogens with two attached hydrogens (primary N) is 2. The van der Waals surface area contributed by atoms with Gasteiger partial charge in [0.25, 0.3) is 0 Å². The first kappa shape index (κ1) is 30.9. The van der Waals surface area contributed by atoms with Crippen molar-refractivity contribution >= 4 is 29.7 Å². The molecule has 0 radical (unpaired) electrons. The van der Waals surface area contributed by atoms with Crippen molar-refractivity contribution in [1.82, 2.24) is 25.9 Å². The number of carbonyl (C=O) groups is 5. The minimum absolute atomic E-state index is 0.103. The Labute approximate surface area is 224 Å². The molecule has 0 fully saturated rings. The average molecular weight is 546 g/mol. The summed E-state index contributed by atoms with van der Waals surface area (Å²) in [7, 11) is 0. The van der Waals surface area contributed by atoms with Gasteiger partial charge in [-0.2, -0.15) is 0 Å². The maximum absolute atomic E-state index is 13.1. The van der Waals surface area contributed by atoms with Gasteiger partial charge in [0.05, 0.1) is 18.8 Å². The molecular weight excluding hydrogens is 510 g/mol. The SMILES string of the molecule is NCCCCC(NC(=O)C(Cc1cnc[nH]1)NC(=O)C(CC(=O)O)NC(=O)C(N)Cc1ccccc1)C(=O)O. The number of unbranched alkanes of at least 4 members (excludes halogenated alkanes) is 1. The number of imidazole rings is 1.